The van der Waals surface area contributed by atoms with Gasteiger partial charge in [0.1, 0.15) is 30.5 Å². The summed E-state index contributed by atoms with van der Waals surface area (Å²) in [5.74, 6) is 0. The van der Waals surface area contributed by atoms with Crippen LogP contribution in [0.3, 0.4) is 0 Å². The Hall–Kier alpha value is -0.290. The molecule has 2 rings (SSSR count). The van der Waals surface area contributed by atoms with Crippen molar-refractivity contribution >= 4 is 10.1 Å². The summed E-state index contributed by atoms with van der Waals surface area (Å²) in [6, 6.07) is -0.616. The predicted octanol–water partition coefficient (Wildman–Crippen LogP) is -3.22. The fourth-order valence-corrected chi connectivity index (χ4v) is 3.01. The second kappa shape index (κ2) is 5.00. The molecule has 2 fully saturated rings. The van der Waals surface area contributed by atoms with Gasteiger partial charge in [-0.1, -0.05) is 0 Å². The first-order valence-electron chi connectivity index (χ1n) is 5.57. The van der Waals surface area contributed by atoms with Gasteiger partial charge in [-0.3, -0.25) is 4.18 Å². The van der Waals surface area contributed by atoms with Crippen molar-refractivity contribution in [3.05, 3.63) is 0 Å². The van der Waals surface area contributed by atoms with Gasteiger partial charge in [-0.2, -0.15) is 8.42 Å². The molecule has 0 aromatic rings. The molecule has 0 unspecified atom stereocenters. The Morgan fingerprint density at radius 1 is 1.39 bits per heavy atom. The monoisotopic (exact) mass is 283 g/mol. The highest BCUT2D eigenvalue weighted by Crippen LogP contribution is 2.28. The minimum Gasteiger partial charge on any atom is -0.394 e. The van der Waals surface area contributed by atoms with Crippen molar-refractivity contribution in [1.82, 2.24) is 5.32 Å². The van der Waals surface area contributed by atoms with Gasteiger partial charge in [0.25, 0.3) is 10.1 Å². The molecule has 0 aliphatic carbocycles. The Bertz CT molecular complexity index is 400. The Labute approximate surface area is 105 Å². The first-order valence-corrected chi connectivity index (χ1v) is 7.39. The Balaban J connectivity index is 2.13. The second-order valence-electron chi connectivity index (χ2n) is 4.58. The number of ether oxygens (including phenoxy) is 1. The molecule has 2 aliphatic heterocycles. The van der Waals surface area contributed by atoms with E-state index in [1.165, 1.54) is 0 Å². The molecule has 8 nitrogen and oxygen atoms in total. The van der Waals surface area contributed by atoms with Gasteiger partial charge in [-0.15, -0.1) is 0 Å². The Kier molecular flexibility index (Phi) is 3.93. The van der Waals surface area contributed by atoms with Gasteiger partial charge >= 0.3 is 0 Å². The zero-order valence-electron chi connectivity index (χ0n) is 9.76. The summed E-state index contributed by atoms with van der Waals surface area (Å²) in [5.41, 5.74) is 0. The minimum atomic E-state index is -3.64. The van der Waals surface area contributed by atoms with Crippen molar-refractivity contribution < 1.29 is 32.7 Å². The number of hydrogen-bond acceptors (Lipinski definition) is 8. The molecule has 0 amide bonds. The summed E-state index contributed by atoms with van der Waals surface area (Å²) < 4.78 is 32.4. The topological polar surface area (TPSA) is 125 Å². The molecule has 0 aromatic heterocycles. The van der Waals surface area contributed by atoms with Crippen molar-refractivity contribution in [2.45, 2.75) is 36.6 Å². The zero-order chi connectivity index (χ0) is 13.5. The van der Waals surface area contributed by atoms with Gasteiger partial charge in [0, 0.05) is 6.54 Å². The van der Waals surface area contributed by atoms with Crippen LogP contribution in [0.15, 0.2) is 0 Å². The summed E-state index contributed by atoms with van der Waals surface area (Å²) in [7, 11) is -3.64. The molecule has 6 atom stereocenters. The van der Waals surface area contributed by atoms with Crippen molar-refractivity contribution in [2.24, 2.45) is 0 Å². The predicted molar refractivity (Wildman–Crippen MR) is 59.3 cm³/mol. The standard InChI is InChI=1S/C9H17NO7S/c1-18(14,15)17-4-2-10-6-8(13)7(12)5(3-11)16-9(4)6/h4-13H,2-3H2,1H3/t4-,5-,6+,7+,8-,9-/m1/s1. The number of aliphatic hydroxyl groups is 3. The van der Waals surface area contributed by atoms with E-state index in [0.29, 0.717) is 0 Å². The largest absolute Gasteiger partial charge is 0.394 e. The van der Waals surface area contributed by atoms with Crippen LogP contribution in [0.5, 0.6) is 0 Å². The molecule has 0 spiro atoms. The van der Waals surface area contributed by atoms with E-state index in [2.05, 4.69) is 5.32 Å². The molecule has 106 valence electrons. The second-order valence-corrected chi connectivity index (χ2v) is 6.18. The third-order valence-electron chi connectivity index (χ3n) is 3.18. The molecular weight excluding hydrogens is 266 g/mol. The van der Waals surface area contributed by atoms with E-state index in [1.54, 1.807) is 0 Å². The van der Waals surface area contributed by atoms with Crippen LogP contribution in [0.4, 0.5) is 0 Å². The van der Waals surface area contributed by atoms with Crippen LogP contribution in [0.2, 0.25) is 0 Å². The Morgan fingerprint density at radius 3 is 2.61 bits per heavy atom. The third-order valence-corrected chi connectivity index (χ3v) is 3.78. The van der Waals surface area contributed by atoms with E-state index in [9.17, 15) is 18.6 Å². The van der Waals surface area contributed by atoms with Crippen LogP contribution < -0.4 is 5.32 Å². The van der Waals surface area contributed by atoms with Crippen molar-refractivity contribution in [2.75, 3.05) is 19.4 Å². The lowest BCUT2D eigenvalue weighted by molar-refractivity contribution is -0.196. The summed E-state index contributed by atoms with van der Waals surface area (Å²) >= 11 is 0. The normalized spacial score (nSPS) is 44.9. The van der Waals surface area contributed by atoms with Crippen LogP contribution in [-0.2, 0) is 19.0 Å². The lowest BCUT2D eigenvalue weighted by Crippen LogP contribution is -2.61. The number of rotatable bonds is 3. The van der Waals surface area contributed by atoms with Crippen molar-refractivity contribution in [3.8, 4) is 0 Å². The summed E-state index contributed by atoms with van der Waals surface area (Å²) in [4.78, 5) is 0. The molecule has 0 radical (unpaired) electrons. The molecule has 9 heteroatoms. The first kappa shape index (κ1) is 14.1. The molecular formula is C9H17NO7S. The fourth-order valence-electron chi connectivity index (χ4n) is 2.38. The van der Waals surface area contributed by atoms with Gasteiger partial charge in [0.05, 0.1) is 18.9 Å². The smallest absolute Gasteiger partial charge is 0.264 e. The van der Waals surface area contributed by atoms with Crippen molar-refractivity contribution in [1.29, 1.82) is 0 Å². The lowest BCUT2D eigenvalue weighted by Gasteiger charge is -2.40. The highest BCUT2D eigenvalue weighted by atomic mass is 32.2. The maximum Gasteiger partial charge on any atom is 0.264 e. The van der Waals surface area contributed by atoms with Crippen LogP contribution in [-0.4, -0.2) is 79.7 Å². The lowest BCUT2D eigenvalue weighted by atomic mass is 9.93. The van der Waals surface area contributed by atoms with Gasteiger partial charge in [0.15, 0.2) is 0 Å². The van der Waals surface area contributed by atoms with Crippen LogP contribution in [0.25, 0.3) is 0 Å². The van der Waals surface area contributed by atoms with E-state index in [0.717, 1.165) is 6.26 Å². The maximum atomic E-state index is 11.1. The number of aliphatic hydroxyl groups excluding tert-OH is 3. The van der Waals surface area contributed by atoms with E-state index in [4.69, 9.17) is 14.0 Å². The molecule has 18 heavy (non-hydrogen) atoms. The number of fused-ring (bicyclic) bond motifs is 1. The first-order chi connectivity index (χ1) is 8.33. The van der Waals surface area contributed by atoms with Gasteiger partial charge in [-0.25, -0.2) is 0 Å². The van der Waals surface area contributed by atoms with Crippen LogP contribution >= 0.6 is 0 Å². The van der Waals surface area contributed by atoms with Gasteiger partial charge < -0.3 is 25.4 Å². The summed E-state index contributed by atoms with van der Waals surface area (Å²) in [6.07, 6.45) is -3.89. The van der Waals surface area contributed by atoms with E-state index < -0.39 is 53.3 Å². The minimum absolute atomic E-state index is 0.185. The van der Waals surface area contributed by atoms with Crippen LogP contribution in [0, 0.1) is 0 Å². The highest BCUT2D eigenvalue weighted by Gasteiger charge is 2.51. The summed E-state index contributed by atoms with van der Waals surface area (Å²) in [6.45, 7) is -0.280. The molecule has 0 aromatic carbocycles. The quantitative estimate of drug-likeness (QED) is 0.399. The van der Waals surface area contributed by atoms with Crippen molar-refractivity contribution in [3.63, 3.8) is 0 Å². The van der Waals surface area contributed by atoms with Gasteiger partial charge in [0.2, 0.25) is 0 Å². The number of hydrogen-bond donors (Lipinski definition) is 4. The van der Waals surface area contributed by atoms with E-state index in [-0.39, 0.29) is 6.54 Å². The SMILES string of the molecule is CS(=O)(=O)O[C@@H]1CN[C@H]2[C@@H](O)[C@@H](O)[C@@H](CO)O[C@@H]21. The maximum absolute atomic E-state index is 11.1. The molecule has 2 aliphatic rings. The molecule has 2 saturated heterocycles. The summed E-state index contributed by atoms with van der Waals surface area (Å²) in [5, 5.41) is 31.4. The molecule has 0 bridgehead atoms. The molecule has 0 saturated carbocycles. The third kappa shape index (κ3) is 2.67. The van der Waals surface area contributed by atoms with Gasteiger partial charge in [-0.05, 0) is 0 Å². The van der Waals surface area contributed by atoms with Crippen LogP contribution in [0.1, 0.15) is 0 Å². The number of nitrogens with one attached hydrogen (secondary N) is 1. The molecule has 2 heterocycles. The van der Waals surface area contributed by atoms with E-state index >= 15 is 0 Å². The highest BCUT2D eigenvalue weighted by molar-refractivity contribution is 7.86. The zero-order valence-corrected chi connectivity index (χ0v) is 10.6. The average molecular weight is 283 g/mol. The van der Waals surface area contributed by atoms with E-state index in [1.807, 2.05) is 0 Å². The fraction of sp³-hybridized carbons (Fsp3) is 1.00. The average Bonchev–Trinajstić information content (AvgIpc) is 2.64. The molecule has 4 N–H and O–H groups in total. The Morgan fingerprint density at radius 2 is 2.06 bits per heavy atom.